The van der Waals surface area contributed by atoms with Crippen LogP contribution in [0.2, 0.25) is 0 Å². The molecule has 144 valence electrons. The molecule has 0 bridgehead atoms. The molecule has 0 aliphatic carbocycles. The highest BCUT2D eigenvalue weighted by molar-refractivity contribution is 5.87. The van der Waals surface area contributed by atoms with E-state index in [9.17, 15) is 14.7 Å². The summed E-state index contributed by atoms with van der Waals surface area (Å²) in [5.74, 6) is 0.679. The highest BCUT2D eigenvalue weighted by Crippen LogP contribution is 2.18. The number of piperazine rings is 1. The second kappa shape index (κ2) is 9.98. The molecule has 0 aromatic heterocycles. The molecule has 2 unspecified atom stereocenters. The molecule has 8 nitrogen and oxygen atoms in total. The molecule has 1 fully saturated rings. The molecule has 0 spiro atoms. The number of esters is 1. The second-order valence-corrected chi connectivity index (χ2v) is 5.95. The third-order valence-corrected chi connectivity index (χ3v) is 4.05. The van der Waals surface area contributed by atoms with Gasteiger partial charge in [-0.2, -0.15) is 0 Å². The first kappa shape index (κ1) is 20.0. The van der Waals surface area contributed by atoms with Crippen molar-refractivity contribution < 1.29 is 28.9 Å². The number of carbonyl (C=O) groups is 2. The Bertz CT molecular complexity index is 592. The van der Waals surface area contributed by atoms with Gasteiger partial charge in [0.2, 0.25) is 5.91 Å². The summed E-state index contributed by atoms with van der Waals surface area (Å²) < 4.78 is 15.6. The molecule has 0 radical (unpaired) electrons. The highest BCUT2D eigenvalue weighted by Gasteiger charge is 2.33. The van der Waals surface area contributed by atoms with Gasteiger partial charge in [0.15, 0.2) is 0 Å². The van der Waals surface area contributed by atoms with Crippen LogP contribution in [0.5, 0.6) is 11.5 Å². The van der Waals surface area contributed by atoms with E-state index in [4.69, 9.17) is 9.47 Å². The van der Waals surface area contributed by atoms with Gasteiger partial charge in [0, 0.05) is 19.6 Å². The van der Waals surface area contributed by atoms with Gasteiger partial charge in [0.25, 0.3) is 0 Å². The van der Waals surface area contributed by atoms with Crippen LogP contribution >= 0.6 is 0 Å². The molecule has 1 aromatic rings. The first-order chi connectivity index (χ1) is 12.5. The number of rotatable bonds is 9. The predicted molar refractivity (Wildman–Crippen MR) is 94.1 cm³/mol. The Morgan fingerprint density at radius 1 is 1.31 bits per heavy atom. The summed E-state index contributed by atoms with van der Waals surface area (Å²) >= 11 is 0. The van der Waals surface area contributed by atoms with Crippen molar-refractivity contribution in [2.75, 3.05) is 40.0 Å². The molecule has 1 heterocycles. The summed E-state index contributed by atoms with van der Waals surface area (Å²) in [6.07, 6.45) is -0.845. The zero-order valence-electron chi connectivity index (χ0n) is 15.1. The number of aliphatic hydroxyl groups excluding tert-OH is 1. The summed E-state index contributed by atoms with van der Waals surface area (Å²) in [6, 6.07) is 6.49. The van der Waals surface area contributed by atoms with Gasteiger partial charge < -0.3 is 24.6 Å². The van der Waals surface area contributed by atoms with E-state index in [1.54, 1.807) is 29.2 Å². The molecular weight excluding hydrogens is 340 g/mol. The number of benzene rings is 1. The minimum atomic E-state index is -0.799. The number of methoxy groups -OCH3 is 1. The maximum Gasteiger partial charge on any atom is 0.307 e. The number of hydrogen-bond donors (Lipinski definition) is 2. The third-order valence-electron chi connectivity index (χ3n) is 4.05. The minimum Gasteiger partial charge on any atom is -0.494 e. The summed E-state index contributed by atoms with van der Waals surface area (Å²) in [7, 11) is 1.28. The number of ether oxygens (including phenoxy) is 3. The van der Waals surface area contributed by atoms with E-state index in [0.29, 0.717) is 25.4 Å². The zero-order valence-corrected chi connectivity index (χ0v) is 15.1. The SMILES string of the molecule is CCOc1ccc(OCC(O)CN2CCNC(=O)C2CC(=O)OC)cc1. The van der Waals surface area contributed by atoms with Gasteiger partial charge in [-0.05, 0) is 31.2 Å². The van der Waals surface area contributed by atoms with Crippen molar-refractivity contribution in [2.24, 2.45) is 0 Å². The predicted octanol–water partition coefficient (Wildman–Crippen LogP) is 0.189. The molecule has 2 rings (SSSR count). The molecule has 0 saturated carbocycles. The normalized spacial score (nSPS) is 18.7. The number of β-amino-alcohol motifs (C(OH)–C–C–N with tert-alkyl or cyclic N) is 1. The first-order valence-electron chi connectivity index (χ1n) is 8.65. The van der Waals surface area contributed by atoms with Crippen LogP contribution in [-0.2, 0) is 14.3 Å². The number of nitrogens with zero attached hydrogens (tertiary/aromatic N) is 1. The lowest BCUT2D eigenvalue weighted by molar-refractivity contribution is -0.146. The molecule has 1 aliphatic heterocycles. The number of nitrogens with one attached hydrogen (secondary N) is 1. The summed E-state index contributed by atoms with van der Waals surface area (Å²) in [6.45, 7) is 3.84. The fourth-order valence-electron chi connectivity index (χ4n) is 2.76. The largest absolute Gasteiger partial charge is 0.494 e. The molecule has 1 saturated heterocycles. The molecule has 1 amide bonds. The van der Waals surface area contributed by atoms with Gasteiger partial charge >= 0.3 is 5.97 Å². The van der Waals surface area contributed by atoms with Crippen LogP contribution in [0, 0.1) is 0 Å². The van der Waals surface area contributed by atoms with E-state index in [0.717, 1.165) is 5.75 Å². The van der Waals surface area contributed by atoms with Crippen molar-refractivity contribution in [1.29, 1.82) is 0 Å². The Morgan fingerprint density at radius 3 is 2.58 bits per heavy atom. The molecule has 26 heavy (non-hydrogen) atoms. The van der Waals surface area contributed by atoms with E-state index >= 15 is 0 Å². The van der Waals surface area contributed by atoms with Crippen molar-refractivity contribution in [3.05, 3.63) is 24.3 Å². The van der Waals surface area contributed by atoms with E-state index in [-0.39, 0.29) is 25.5 Å². The number of hydrogen-bond acceptors (Lipinski definition) is 7. The molecule has 1 aliphatic rings. The van der Waals surface area contributed by atoms with Gasteiger partial charge in [0.05, 0.1) is 26.2 Å². The third kappa shape index (κ3) is 5.89. The van der Waals surface area contributed by atoms with E-state index in [2.05, 4.69) is 10.1 Å². The number of carbonyl (C=O) groups excluding carboxylic acids is 2. The van der Waals surface area contributed by atoms with E-state index in [1.165, 1.54) is 7.11 Å². The topological polar surface area (TPSA) is 97.3 Å². The quantitative estimate of drug-likeness (QED) is 0.602. The molecule has 8 heteroatoms. The summed E-state index contributed by atoms with van der Waals surface area (Å²) in [5.41, 5.74) is 0. The van der Waals surface area contributed by atoms with Crippen LogP contribution in [0.3, 0.4) is 0 Å². The number of aliphatic hydroxyl groups is 1. The maximum atomic E-state index is 12.0. The lowest BCUT2D eigenvalue weighted by Gasteiger charge is -2.35. The zero-order chi connectivity index (χ0) is 18.9. The van der Waals surface area contributed by atoms with Crippen LogP contribution in [0.25, 0.3) is 0 Å². The first-order valence-corrected chi connectivity index (χ1v) is 8.65. The van der Waals surface area contributed by atoms with Gasteiger partial charge in [0.1, 0.15) is 24.2 Å². The lowest BCUT2D eigenvalue weighted by atomic mass is 10.1. The van der Waals surface area contributed by atoms with Crippen molar-refractivity contribution in [1.82, 2.24) is 10.2 Å². The van der Waals surface area contributed by atoms with Crippen LogP contribution in [0.15, 0.2) is 24.3 Å². The Labute approximate surface area is 153 Å². The van der Waals surface area contributed by atoms with Gasteiger partial charge in [-0.1, -0.05) is 0 Å². The summed E-state index contributed by atoms with van der Waals surface area (Å²) in [5, 5.41) is 13.0. The van der Waals surface area contributed by atoms with Crippen molar-refractivity contribution in [2.45, 2.75) is 25.5 Å². The van der Waals surface area contributed by atoms with Gasteiger partial charge in [-0.3, -0.25) is 14.5 Å². The minimum absolute atomic E-state index is 0.0468. The summed E-state index contributed by atoms with van der Waals surface area (Å²) in [4.78, 5) is 25.3. The monoisotopic (exact) mass is 366 g/mol. The van der Waals surface area contributed by atoms with Gasteiger partial charge in [-0.15, -0.1) is 0 Å². The number of amides is 1. The van der Waals surface area contributed by atoms with Crippen LogP contribution in [0.4, 0.5) is 0 Å². The van der Waals surface area contributed by atoms with E-state index in [1.807, 2.05) is 6.92 Å². The van der Waals surface area contributed by atoms with Gasteiger partial charge in [-0.25, -0.2) is 0 Å². The average molecular weight is 366 g/mol. The standard InChI is InChI=1S/C18H26N2O6/c1-3-25-14-4-6-15(7-5-14)26-12-13(21)11-20-9-8-19-18(23)16(20)10-17(22)24-2/h4-7,13,16,21H,3,8-12H2,1-2H3,(H,19,23). The Hall–Kier alpha value is -2.32. The Kier molecular flexibility index (Phi) is 7.68. The highest BCUT2D eigenvalue weighted by atomic mass is 16.5. The molecule has 1 aromatic carbocycles. The van der Waals surface area contributed by atoms with Crippen molar-refractivity contribution in [3.63, 3.8) is 0 Å². The Balaban J connectivity index is 1.85. The van der Waals surface area contributed by atoms with Crippen LogP contribution < -0.4 is 14.8 Å². The fourth-order valence-corrected chi connectivity index (χ4v) is 2.76. The van der Waals surface area contributed by atoms with Crippen LogP contribution in [-0.4, -0.2) is 74.0 Å². The molecule has 2 atom stereocenters. The average Bonchev–Trinajstić information content (AvgIpc) is 2.64. The van der Waals surface area contributed by atoms with Crippen molar-refractivity contribution in [3.8, 4) is 11.5 Å². The van der Waals surface area contributed by atoms with Crippen molar-refractivity contribution >= 4 is 11.9 Å². The fraction of sp³-hybridized carbons (Fsp3) is 0.556. The maximum absolute atomic E-state index is 12.0. The van der Waals surface area contributed by atoms with Crippen LogP contribution in [0.1, 0.15) is 13.3 Å². The molecular formula is C18H26N2O6. The second-order valence-electron chi connectivity index (χ2n) is 5.95. The molecule has 2 N–H and O–H groups in total. The lowest BCUT2D eigenvalue weighted by Crippen LogP contribution is -2.57. The Morgan fingerprint density at radius 2 is 1.96 bits per heavy atom. The van der Waals surface area contributed by atoms with E-state index < -0.39 is 18.1 Å². The smallest absolute Gasteiger partial charge is 0.307 e.